The smallest absolute Gasteiger partial charge is 0.341 e. The molecule has 1 amide bonds. The lowest BCUT2D eigenvalue weighted by Crippen LogP contribution is -2.21. The molecule has 6 heteroatoms. The minimum Gasteiger partial charge on any atom is -0.484 e. The standard InChI is InChI=1S/C23H23NO4S/c1-4-16-8-10-17(11-9-16)19-14-29-22(21(19)23(26)27-3)24-20(25)13-28-18-7-5-6-15(2)12-18/h5-12,14H,4,13H2,1-3H3,(H,24,25). The molecule has 29 heavy (non-hydrogen) atoms. The summed E-state index contributed by atoms with van der Waals surface area (Å²) in [4.78, 5) is 24.8. The van der Waals surface area contributed by atoms with Crippen LogP contribution in [0.15, 0.2) is 53.9 Å². The Kier molecular flexibility index (Phi) is 6.67. The molecule has 3 aromatic rings. The van der Waals surface area contributed by atoms with E-state index in [9.17, 15) is 9.59 Å². The quantitative estimate of drug-likeness (QED) is 0.552. The zero-order valence-corrected chi connectivity index (χ0v) is 17.5. The molecule has 0 aliphatic heterocycles. The van der Waals surface area contributed by atoms with Crippen LogP contribution in [0.1, 0.15) is 28.4 Å². The van der Waals surface area contributed by atoms with Crippen LogP contribution in [0.4, 0.5) is 5.00 Å². The summed E-state index contributed by atoms with van der Waals surface area (Å²) in [6.07, 6.45) is 0.940. The van der Waals surface area contributed by atoms with Gasteiger partial charge in [-0.15, -0.1) is 11.3 Å². The van der Waals surface area contributed by atoms with Crippen molar-refractivity contribution in [1.29, 1.82) is 0 Å². The largest absolute Gasteiger partial charge is 0.484 e. The van der Waals surface area contributed by atoms with Crippen LogP contribution in [0.25, 0.3) is 11.1 Å². The van der Waals surface area contributed by atoms with Gasteiger partial charge in [0.05, 0.1) is 7.11 Å². The molecule has 150 valence electrons. The van der Waals surface area contributed by atoms with Crippen molar-refractivity contribution in [1.82, 2.24) is 0 Å². The molecule has 1 aromatic heterocycles. The van der Waals surface area contributed by atoms with Crippen molar-refractivity contribution in [3.63, 3.8) is 0 Å². The highest BCUT2D eigenvalue weighted by atomic mass is 32.1. The van der Waals surface area contributed by atoms with E-state index in [2.05, 4.69) is 12.2 Å². The Morgan fingerprint density at radius 3 is 2.52 bits per heavy atom. The maximum absolute atomic E-state index is 12.4. The number of anilines is 1. The fraction of sp³-hybridized carbons (Fsp3) is 0.217. The molecule has 2 aromatic carbocycles. The molecule has 3 rings (SSSR count). The van der Waals surface area contributed by atoms with Gasteiger partial charge in [-0.1, -0.05) is 43.3 Å². The number of methoxy groups -OCH3 is 1. The molecular formula is C23H23NO4S. The van der Waals surface area contributed by atoms with Gasteiger partial charge >= 0.3 is 5.97 Å². The van der Waals surface area contributed by atoms with Crippen molar-refractivity contribution < 1.29 is 19.1 Å². The molecule has 0 unspecified atom stereocenters. The number of aryl methyl sites for hydroxylation is 2. The molecule has 0 bridgehead atoms. The Labute approximate surface area is 174 Å². The number of carbonyl (C=O) groups excluding carboxylic acids is 2. The van der Waals surface area contributed by atoms with Gasteiger partial charge in [0.1, 0.15) is 16.3 Å². The van der Waals surface area contributed by atoms with E-state index < -0.39 is 5.97 Å². The molecule has 0 saturated carbocycles. The summed E-state index contributed by atoms with van der Waals surface area (Å²) >= 11 is 1.29. The van der Waals surface area contributed by atoms with Gasteiger partial charge in [0.25, 0.3) is 5.91 Å². The molecule has 1 heterocycles. The first kappa shape index (κ1) is 20.6. The number of amides is 1. The van der Waals surface area contributed by atoms with E-state index >= 15 is 0 Å². The Morgan fingerprint density at radius 2 is 1.86 bits per heavy atom. The molecular weight excluding hydrogens is 386 g/mol. The number of thiophene rings is 1. The maximum Gasteiger partial charge on any atom is 0.341 e. The first-order valence-corrected chi connectivity index (χ1v) is 10.2. The summed E-state index contributed by atoms with van der Waals surface area (Å²) in [7, 11) is 1.33. The van der Waals surface area contributed by atoms with E-state index in [-0.39, 0.29) is 12.5 Å². The van der Waals surface area contributed by atoms with E-state index in [0.29, 0.717) is 16.3 Å². The summed E-state index contributed by atoms with van der Waals surface area (Å²) in [5.74, 6) is -0.210. The van der Waals surface area contributed by atoms with Gasteiger partial charge in [-0.2, -0.15) is 0 Å². The van der Waals surface area contributed by atoms with E-state index in [1.807, 2.05) is 54.8 Å². The Morgan fingerprint density at radius 1 is 1.10 bits per heavy atom. The van der Waals surface area contributed by atoms with Crippen LogP contribution in [-0.4, -0.2) is 25.6 Å². The normalized spacial score (nSPS) is 10.4. The molecule has 5 nitrogen and oxygen atoms in total. The van der Waals surface area contributed by atoms with E-state index in [1.165, 1.54) is 24.0 Å². The van der Waals surface area contributed by atoms with Crippen molar-refractivity contribution >= 4 is 28.2 Å². The minimum absolute atomic E-state index is 0.150. The second-order valence-corrected chi connectivity index (χ2v) is 7.43. The molecule has 0 fully saturated rings. The highest BCUT2D eigenvalue weighted by molar-refractivity contribution is 7.15. The predicted molar refractivity (Wildman–Crippen MR) is 116 cm³/mol. The number of nitrogens with one attached hydrogen (secondary N) is 1. The van der Waals surface area contributed by atoms with Gasteiger partial charge in [0.15, 0.2) is 6.61 Å². The SMILES string of the molecule is CCc1ccc(-c2csc(NC(=O)COc3cccc(C)c3)c2C(=O)OC)cc1. The minimum atomic E-state index is -0.490. The van der Waals surface area contributed by atoms with Gasteiger partial charge in [-0.25, -0.2) is 4.79 Å². The summed E-state index contributed by atoms with van der Waals surface area (Å²) in [5, 5.41) is 5.08. The lowest BCUT2D eigenvalue weighted by atomic mass is 10.0. The van der Waals surface area contributed by atoms with Crippen LogP contribution < -0.4 is 10.1 Å². The van der Waals surface area contributed by atoms with Crippen molar-refractivity contribution in [3.05, 3.63) is 70.6 Å². The maximum atomic E-state index is 12.4. The number of carbonyl (C=O) groups is 2. The number of esters is 1. The molecule has 0 aliphatic rings. The highest BCUT2D eigenvalue weighted by Gasteiger charge is 2.22. The lowest BCUT2D eigenvalue weighted by Gasteiger charge is -2.09. The summed E-state index contributed by atoms with van der Waals surface area (Å²) in [6, 6.07) is 15.5. The molecule has 0 spiro atoms. The van der Waals surface area contributed by atoms with Crippen LogP contribution in [-0.2, 0) is 16.0 Å². The molecule has 0 radical (unpaired) electrons. The number of ether oxygens (including phenoxy) is 2. The van der Waals surface area contributed by atoms with E-state index in [4.69, 9.17) is 9.47 Å². The van der Waals surface area contributed by atoms with Gasteiger partial charge < -0.3 is 14.8 Å². The third-order valence-electron chi connectivity index (χ3n) is 4.47. The Hall–Kier alpha value is -3.12. The average molecular weight is 410 g/mol. The van der Waals surface area contributed by atoms with Crippen molar-refractivity contribution in [2.24, 2.45) is 0 Å². The van der Waals surface area contributed by atoms with E-state index in [0.717, 1.165) is 23.1 Å². The summed E-state index contributed by atoms with van der Waals surface area (Å²) in [6.45, 7) is 3.89. The highest BCUT2D eigenvalue weighted by Crippen LogP contribution is 2.36. The topological polar surface area (TPSA) is 64.6 Å². The van der Waals surface area contributed by atoms with E-state index in [1.54, 1.807) is 6.07 Å². The second-order valence-electron chi connectivity index (χ2n) is 6.55. The average Bonchev–Trinajstić information content (AvgIpc) is 3.15. The van der Waals surface area contributed by atoms with Crippen LogP contribution in [0.3, 0.4) is 0 Å². The first-order valence-electron chi connectivity index (χ1n) is 9.30. The Bertz CT molecular complexity index is 1010. The monoisotopic (exact) mass is 409 g/mol. The molecule has 0 aliphatic carbocycles. The van der Waals surface area contributed by atoms with Crippen molar-refractivity contribution in [3.8, 4) is 16.9 Å². The van der Waals surface area contributed by atoms with Crippen molar-refractivity contribution in [2.75, 3.05) is 19.0 Å². The first-order chi connectivity index (χ1) is 14.0. The number of hydrogen-bond donors (Lipinski definition) is 1. The van der Waals surface area contributed by atoms with Crippen molar-refractivity contribution in [2.45, 2.75) is 20.3 Å². The van der Waals surface area contributed by atoms with Gasteiger partial charge in [0.2, 0.25) is 0 Å². The molecule has 0 atom stereocenters. The molecule has 0 saturated heterocycles. The van der Waals surface area contributed by atoms with Crippen LogP contribution in [0, 0.1) is 6.92 Å². The van der Waals surface area contributed by atoms with Crippen LogP contribution in [0.5, 0.6) is 5.75 Å². The van der Waals surface area contributed by atoms with Gasteiger partial charge in [-0.05, 0) is 42.2 Å². The number of hydrogen-bond acceptors (Lipinski definition) is 5. The Balaban J connectivity index is 1.78. The van der Waals surface area contributed by atoms with Gasteiger partial charge in [0, 0.05) is 10.9 Å². The summed E-state index contributed by atoms with van der Waals surface area (Å²) in [5.41, 5.74) is 4.25. The summed E-state index contributed by atoms with van der Waals surface area (Å²) < 4.78 is 10.5. The fourth-order valence-corrected chi connectivity index (χ4v) is 3.88. The predicted octanol–water partition coefficient (Wildman–Crippen LogP) is 5.09. The van der Waals surface area contributed by atoms with Crippen LogP contribution >= 0.6 is 11.3 Å². The van der Waals surface area contributed by atoms with Gasteiger partial charge in [-0.3, -0.25) is 4.79 Å². The zero-order valence-electron chi connectivity index (χ0n) is 16.7. The zero-order chi connectivity index (χ0) is 20.8. The molecule has 1 N–H and O–H groups in total. The fourth-order valence-electron chi connectivity index (χ4n) is 2.90. The third kappa shape index (κ3) is 5.03. The van der Waals surface area contributed by atoms with Crippen LogP contribution in [0.2, 0.25) is 0 Å². The lowest BCUT2D eigenvalue weighted by molar-refractivity contribution is -0.118. The third-order valence-corrected chi connectivity index (χ3v) is 5.36. The second kappa shape index (κ2) is 9.39. The number of rotatable bonds is 7. The number of benzene rings is 2.